The third-order valence-electron chi connectivity index (χ3n) is 5.72. The fourth-order valence-corrected chi connectivity index (χ4v) is 4.23. The van der Waals surface area contributed by atoms with Gasteiger partial charge in [-0.05, 0) is 47.5 Å². The molecule has 0 spiro atoms. The average molecular weight is 553 g/mol. The second-order valence-electron chi connectivity index (χ2n) is 8.54. The van der Waals surface area contributed by atoms with Crippen molar-refractivity contribution in [2.24, 2.45) is 0 Å². The Bertz CT molecular complexity index is 1370. The van der Waals surface area contributed by atoms with Crippen molar-refractivity contribution in [1.82, 2.24) is 9.97 Å². The molecular weight excluding hydrogens is 527 g/mol. The van der Waals surface area contributed by atoms with Crippen LogP contribution in [0, 0.1) is 0 Å². The Kier molecular flexibility index (Phi) is 9.28. The van der Waals surface area contributed by atoms with E-state index in [1.54, 1.807) is 72.8 Å². The number of benzene rings is 3. The number of aliphatic hydroxyl groups excluding tert-OH is 3. The quantitative estimate of drug-likeness (QED) is 0.168. The van der Waals surface area contributed by atoms with Crippen LogP contribution < -0.4 is 10.6 Å². The maximum absolute atomic E-state index is 12.7. The van der Waals surface area contributed by atoms with Gasteiger partial charge in [0.1, 0.15) is 11.9 Å². The third kappa shape index (κ3) is 7.06. The second-order valence-corrected chi connectivity index (χ2v) is 9.36. The molecule has 0 radical (unpaired) electrons. The van der Waals surface area contributed by atoms with Crippen molar-refractivity contribution in [3.63, 3.8) is 0 Å². The van der Waals surface area contributed by atoms with Gasteiger partial charge in [0.05, 0.1) is 18.4 Å². The van der Waals surface area contributed by atoms with Gasteiger partial charge in [-0.3, -0.25) is 4.79 Å². The first-order valence-electron chi connectivity index (χ1n) is 11.8. The highest BCUT2D eigenvalue weighted by atomic mass is 35.5. The van der Waals surface area contributed by atoms with Gasteiger partial charge in [-0.2, -0.15) is 4.98 Å². The number of rotatable bonds is 11. The van der Waals surface area contributed by atoms with Gasteiger partial charge >= 0.3 is 0 Å². The van der Waals surface area contributed by atoms with Gasteiger partial charge in [-0.1, -0.05) is 59.6 Å². The van der Waals surface area contributed by atoms with E-state index >= 15 is 0 Å². The number of nitrogens with one attached hydrogen (secondary N) is 2. The maximum Gasteiger partial charge on any atom is 0.229 e. The van der Waals surface area contributed by atoms with E-state index < -0.39 is 24.6 Å². The van der Waals surface area contributed by atoms with Crippen LogP contribution in [-0.2, 0) is 6.42 Å². The van der Waals surface area contributed by atoms with Crippen LogP contribution in [0.4, 0.5) is 17.5 Å². The lowest BCUT2D eigenvalue weighted by Gasteiger charge is -2.14. The Morgan fingerprint density at radius 1 is 0.895 bits per heavy atom. The number of ketones is 1. The van der Waals surface area contributed by atoms with E-state index in [1.807, 2.05) is 6.07 Å². The molecular formula is C28H26Cl2N4O4. The van der Waals surface area contributed by atoms with E-state index in [4.69, 9.17) is 28.3 Å². The van der Waals surface area contributed by atoms with Gasteiger partial charge in [0.2, 0.25) is 5.95 Å². The third-order valence-corrected chi connectivity index (χ3v) is 6.43. The van der Waals surface area contributed by atoms with Gasteiger partial charge < -0.3 is 26.0 Å². The molecule has 2 atom stereocenters. The van der Waals surface area contributed by atoms with Crippen LogP contribution in [0.1, 0.15) is 33.3 Å². The van der Waals surface area contributed by atoms with Crippen LogP contribution in [0.5, 0.6) is 0 Å². The lowest BCUT2D eigenvalue weighted by molar-refractivity contribution is 0.0747. The lowest BCUT2D eigenvalue weighted by atomic mass is 10.00. The fourth-order valence-electron chi connectivity index (χ4n) is 3.70. The zero-order chi connectivity index (χ0) is 27.1. The molecule has 2 unspecified atom stereocenters. The normalized spacial score (nSPS) is 12.6. The summed E-state index contributed by atoms with van der Waals surface area (Å²) in [6.07, 6.45) is -1.88. The van der Waals surface area contributed by atoms with E-state index in [-0.39, 0.29) is 12.5 Å². The summed E-state index contributed by atoms with van der Waals surface area (Å²) in [4.78, 5) is 21.7. The molecule has 196 valence electrons. The SMILES string of the molecule is O=C(c1ccc(Nc2nc(Cc3c(Cl)cccc3Cl)cc(NCC(O)CO)n2)cc1)C(O)c1ccccc1. The van der Waals surface area contributed by atoms with Crippen molar-refractivity contribution in [3.8, 4) is 0 Å². The number of aromatic nitrogens is 2. The zero-order valence-electron chi connectivity index (χ0n) is 20.2. The minimum Gasteiger partial charge on any atom is -0.394 e. The number of hydrogen-bond acceptors (Lipinski definition) is 8. The van der Waals surface area contributed by atoms with Crippen LogP contribution in [0.25, 0.3) is 0 Å². The monoisotopic (exact) mass is 552 g/mol. The standard InChI is InChI=1S/C28H26Cl2N4O4/c29-23-7-4-8-24(30)22(23)13-20-14-25(31-15-21(36)16-35)34-28(33-20)32-19-11-9-18(10-12-19)27(38)26(37)17-5-2-1-3-6-17/h1-12,14,21,26,35-37H,13,15-16H2,(H2,31,32,33,34). The van der Waals surface area contributed by atoms with Crippen molar-refractivity contribution in [1.29, 1.82) is 0 Å². The summed E-state index contributed by atoms with van der Waals surface area (Å²) in [7, 11) is 0. The summed E-state index contributed by atoms with van der Waals surface area (Å²) in [5.74, 6) is 0.271. The maximum atomic E-state index is 12.7. The van der Waals surface area contributed by atoms with Crippen molar-refractivity contribution < 1.29 is 20.1 Å². The average Bonchev–Trinajstić information content (AvgIpc) is 2.94. The molecule has 0 amide bonds. The minimum absolute atomic E-state index is 0.0831. The molecule has 0 aliphatic carbocycles. The number of Topliss-reactive ketones (excluding diaryl/α,β-unsaturated/α-hetero) is 1. The summed E-state index contributed by atoms with van der Waals surface area (Å²) >= 11 is 12.7. The lowest BCUT2D eigenvalue weighted by Crippen LogP contribution is -2.23. The number of anilines is 3. The van der Waals surface area contributed by atoms with Gasteiger partial charge in [0.25, 0.3) is 0 Å². The first-order valence-corrected chi connectivity index (χ1v) is 12.6. The number of carbonyl (C=O) groups is 1. The van der Waals surface area contributed by atoms with Crippen LogP contribution in [0.15, 0.2) is 78.9 Å². The summed E-state index contributed by atoms with van der Waals surface area (Å²) in [5, 5.41) is 36.4. The van der Waals surface area contributed by atoms with Gasteiger partial charge in [-0.25, -0.2) is 4.98 Å². The van der Waals surface area contributed by atoms with E-state index in [0.717, 1.165) is 0 Å². The molecule has 0 saturated heterocycles. The molecule has 3 aromatic carbocycles. The summed E-state index contributed by atoms with van der Waals surface area (Å²) in [5.41, 5.74) is 2.81. The molecule has 10 heteroatoms. The highest BCUT2D eigenvalue weighted by Crippen LogP contribution is 2.28. The Hall–Kier alpha value is -3.53. The van der Waals surface area contributed by atoms with E-state index in [0.29, 0.717) is 50.4 Å². The summed E-state index contributed by atoms with van der Waals surface area (Å²) < 4.78 is 0. The topological polar surface area (TPSA) is 128 Å². The Balaban J connectivity index is 1.55. The van der Waals surface area contributed by atoms with E-state index in [2.05, 4.69) is 20.6 Å². The van der Waals surface area contributed by atoms with Crippen molar-refractivity contribution >= 4 is 46.4 Å². The van der Waals surface area contributed by atoms with Crippen LogP contribution in [0.2, 0.25) is 10.0 Å². The number of aliphatic hydroxyl groups is 3. The highest BCUT2D eigenvalue weighted by Gasteiger charge is 2.19. The summed E-state index contributed by atoms with van der Waals surface area (Å²) in [6, 6.07) is 22.3. The molecule has 1 heterocycles. The molecule has 0 aliphatic heterocycles. The van der Waals surface area contributed by atoms with Crippen molar-refractivity contribution in [2.75, 3.05) is 23.8 Å². The van der Waals surface area contributed by atoms with Crippen LogP contribution in [0.3, 0.4) is 0 Å². The number of hydrogen-bond donors (Lipinski definition) is 5. The molecule has 5 N–H and O–H groups in total. The number of halogens is 2. The van der Waals surface area contributed by atoms with Crippen LogP contribution in [-0.4, -0.2) is 50.3 Å². The molecule has 4 aromatic rings. The number of carbonyl (C=O) groups excluding carboxylic acids is 1. The molecule has 4 rings (SSSR count). The number of nitrogens with zero attached hydrogens (tertiary/aromatic N) is 2. The molecule has 8 nitrogen and oxygen atoms in total. The minimum atomic E-state index is -1.26. The first kappa shape index (κ1) is 27.5. The Morgan fingerprint density at radius 3 is 2.24 bits per heavy atom. The predicted octanol–water partition coefficient (Wildman–Crippen LogP) is 4.80. The van der Waals surface area contributed by atoms with E-state index in [9.17, 15) is 15.0 Å². The first-order chi connectivity index (χ1) is 18.3. The van der Waals surface area contributed by atoms with Gasteiger partial charge in [-0.15, -0.1) is 0 Å². The predicted molar refractivity (Wildman–Crippen MR) is 148 cm³/mol. The smallest absolute Gasteiger partial charge is 0.229 e. The second kappa shape index (κ2) is 12.8. The van der Waals surface area contributed by atoms with Crippen LogP contribution >= 0.6 is 23.2 Å². The Labute approximate surface area is 229 Å². The van der Waals surface area contributed by atoms with Crippen molar-refractivity contribution in [2.45, 2.75) is 18.6 Å². The fraction of sp³-hybridized carbons (Fsp3) is 0.179. The molecule has 0 bridgehead atoms. The Morgan fingerprint density at radius 2 is 1.58 bits per heavy atom. The largest absolute Gasteiger partial charge is 0.394 e. The molecule has 38 heavy (non-hydrogen) atoms. The summed E-state index contributed by atoms with van der Waals surface area (Å²) in [6.45, 7) is -0.310. The zero-order valence-corrected chi connectivity index (χ0v) is 21.7. The molecule has 0 aliphatic rings. The van der Waals surface area contributed by atoms with Crippen molar-refractivity contribution in [3.05, 3.63) is 111 Å². The molecule has 0 fully saturated rings. The molecule has 0 saturated carbocycles. The highest BCUT2D eigenvalue weighted by molar-refractivity contribution is 6.36. The van der Waals surface area contributed by atoms with E-state index in [1.165, 1.54) is 0 Å². The van der Waals surface area contributed by atoms with Gasteiger partial charge in [0.15, 0.2) is 5.78 Å². The molecule has 1 aromatic heterocycles. The van der Waals surface area contributed by atoms with Gasteiger partial charge in [0, 0.05) is 40.3 Å².